The molecule has 0 aliphatic heterocycles. The number of alkyl halides is 3. The molecule has 2 N–H and O–H groups in total. The summed E-state index contributed by atoms with van der Waals surface area (Å²) in [6.07, 6.45) is -4.72. The van der Waals surface area contributed by atoms with Crippen molar-refractivity contribution in [2.45, 2.75) is 6.18 Å². The standard InChI is InChI=1S/C14H10F3N5O2/c1-18-11-5-4-9(19-20-11)8-3-2-7(6-10(8)23)12-21-22-13(24-12)14(15,16)17/h2-6,23H,1H3,(H,18,20). The molecule has 0 spiro atoms. The van der Waals surface area contributed by atoms with E-state index in [1.807, 2.05) is 0 Å². The maximum Gasteiger partial charge on any atom is 0.470 e. The van der Waals surface area contributed by atoms with Gasteiger partial charge in [0.05, 0.1) is 5.69 Å². The molecule has 1 aromatic carbocycles. The van der Waals surface area contributed by atoms with Crippen LogP contribution >= 0.6 is 0 Å². The van der Waals surface area contributed by atoms with Gasteiger partial charge in [-0.3, -0.25) is 0 Å². The van der Waals surface area contributed by atoms with Gasteiger partial charge in [-0.05, 0) is 30.3 Å². The Morgan fingerprint density at radius 2 is 1.83 bits per heavy atom. The van der Waals surface area contributed by atoms with E-state index in [0.717, 1.165) is 0 Å². The van der Waals surface area contributed by atoms with E-state index >= 15 is 0 Å². The van der Waals surface area contributed by atoms with Gasteiger partial charge in [0.1, 0.15) is 11.6 Å². The lowest BCUT2D eigenvalue weighted by atomic mass is 10.1. The lowest BCUT2D eigenvalue weighted by Crippen LogP contribution is -2.04. The number of phenols is 1. The molecule has 124 valence electrons. The van der Waals surface area contributed by atoms with Crippen LogP contribution in [0.3, 0.4) is 0 Å². The monoisotopic (exact) mass is 337 g/mol. The number of halogens is 3. The predicted molar refractivity (Wildman–Crippen MR) is 77.0 cm³/mol. The SMILES string of the molecule is CNc1ccc(-c2ccc(-c3nnc(C(F)(F)F)o3)cc2O)nn1. The Balaban J connectivity index is 1.93. The maximum absolute atomic E-state index is 12.5. The second-order valence-corrected chi connectivity index (χ2v) is 4.70. The first-order valence-corrected chi connectivity index (χ1v) is 6.64. The van der Waals surface area contributed by atoms with Gasteiger partial charge in [0.25, 0.3) is 0 Å². The van der Waals surface area contributed by atoms with Crippen LogP contribution in [0.4, 0.5) is 19.0 Å². The zero-order valence-corrected chi connectivity index (χ0v) is 12.2. The Hall–Kier alpha value is -3.17. The topological polar surface area (TPSA) is 97.0 Å². The van der Waals surface area contributed by atoms with E-state index in [1.165, 1.54) is 18.2 Å². The van der Waals surface area contributed by atoms with Crippen molar-refractivity contribution in [3.8, 4) is 28.5 Å². The summed E-state index contributed by atoms with van der Waals surface area (Å²) >= 11 is 0. The molecule has 10 heteroatoms. The molecule has 2 aromatic heterocycles. The molecule has 0 bridgehead atoms. The molecular weight excluding hydrogens is 327 g/mol. The van der Waals surface area contributed by atoms with Gasteiger partial charge in [-0.2, -0.15) is 13.2 Å². The number of nitrogens with one attached hydrogen (secondary N) is 1. The average Bonchev–Trinajstić information content (AvgIpc) is 3.05. The molecule has 0 atom stereocenters. The summed E-state index contributed by atoms with van der Waals surface area (Å²) in [5, 5.41) is 27.0. The highest BCUT2D eigenvalue weighted by Gasteiger charge is 2.38. The van der Waals surface area contributed by atoms with E-state index in [2.05, 4.69) is 30.1 Å². The molecule has 0 aliphatic rings. The minimum Gasteiger partial charge on any atom is -0.507 e. The molecule has 24 heavy (non-hydrogen) atoms. The van der Waals surface area contributed by atoms with Crippen LogP contribution in [0.5, 0.6) is 5.75 Å². The van der Waals surface area contributed by atoms with Crippen LogP contribution in [0.15, 0.2) is 34.7 Å². The summed E-state index contributed by atoms with van der Waals surface area (Å²) in [5.41, 5.74) is 0.920. The lowest BCUT2D eigenvalue weighted by Gasteiger charge is -2.05. The highest BCUT2D eigenvalue weighted by atomic mass is 19.4. The van der Waals surface area contributed by atoms with Crippen molar-refractivity contribution in [1.29, 1.82) is 0 Å². The Morgan fingerprint density at radius 1 is 1.04 bits per heavy atom. The number of hydrogen-bond acceptors (Lipinski definition) is 7. The fourth-order valence-electron chi connectivity index (χ4n) is 1.94. The number of aromatic nitrogens is 4. The number of phenolic OH excluding ortho intramolecular Hbond substituents is 1. The summed E-state index contributed by atoms with van der Waals surface area (Å²) in [6.45, 7) is 0. The van der Waals surface area contributed by atoms with E-state index in [9.17, 15) is 18.3 Å². The summed E-state index contributed by atoms with van der Waals surface area (Å²) < 4.78 is 42.0. The van der Waals surface area contributed by atoms with Gasteiger partial charge >= 0.3 is 12.1 Å². The van der Waals surface area contributed by atoms with Crippen LogP contribution < -0.4 is 5.32 Å². The summed E-state index contributed by atoms with van der Waals surface area (Å²) in [4.78, 5) is 0. The van der Waals surface area contributed by atoms with Gasteiger partial charge < -0.3 is 14.8 Å². The largest absolute Gasteiger partial charge is 0.507 e. The van der Waals surface area contributed by atoms with Gasteiger partial charge in [0.15, 0.2) is 0 Å². The van der Waals surface area contributed by atoms with E-state index < -0.39 is 12.1 Å². The lowest BCUT2D eigenvalue weighted by molar-refractivity contribution is -0.156. The number of anilines is 1. The maximum atomic E-state index is 12.5. The molecule has 7 nitrogen and oxygen atoms in total. The third-order valence-corrected chi connectivity index (χ3v) is 3.11. The van der Waals surface area contributed by atoms with Gasteiger partial charge in [-0.15, -0.1) is 20.4 Å². The minimum absolute atomic E-state index is 0.152. The van der Waals surface area contributed by atoms with Crippen LogP contribution in [0, 0.1) is 0 Å². The molecule has 0 amide bonds. The van der Waals surface area contributed by atoms with Crippen molar-refractivity contribution >= 4 is 5.82 Å². The number of aromatic hydroxyl groups is 1. The fourth-order valence-corrected chi connectivity index (χ4v) is 1.94. The second-order valence-electron chi connectivity index (χ2n) is 4.70. The molecule has 2 heterocycles. The number of benzene rings is 1. The molecule has 0 radical (unpaired) electrons. The predicted octanol–water partition coefficient (Wildman–Crippen LogP) is 2.96. The first-order valence-electron chi connectivity index (χ1n) is 6.64. The van der Waals surface area contributed by atoms with E-state index in [0.29, 0.717) is 17.1 Å². The number of rotatable bonds is 3. The zero-order valence-electron chi connectivity index (χ0n) is 12.2. The quantitative estimate of drug-likeness (QED) is 0.758. The molecule has 0 saturated heterocycles. The third kappa shape index (κ3) is 2.98. The molecule has 0 fully saturated rings. The zero-order chi connectivity index (χ0) is 17.3. The first kappa shape index (κ1) is 15.7. The fraction of sp³-hybridized carbons (Fsp3) is 0.143. The van der Waals surface area contributed by atoms with Gasteiger partial charge in [0, 0.05) is 18.2 Å². The van der Waals surface area contributed by atoms with Crippen molar-refractivity contribution in [2.24, 2.45) is 0 Å². The molecule has 0 aliphatic carbocycles. The summed E-state index contributed by atoms with van der Waals surface area (Å²) in [7, 11) is 1.69. The molecular formula is C14H10F3N5O2. The molecule has 3 rings (SSSR count). The van der Waals surface area contributed by atoms with E-state index in [4.69, 9.17) is 0 Å². The van der Waals surface area contributed by atoms with Gasteiger partial charge in [0.2, 0.25) is 5.89 Å². The van der Waals surface area contributed by atoms with Gasteiger partial charge in [-0.25, -0.2) is 0 Å². The Kier molecular flexibility index (Phi) is 3.80. The molecule has 3 aromatic rings. The van der Waals surface area contributed by atoms with Crippen LogP contribution in [0.1, 0.15) is 5.89 Å². The third-order valence-electron chi connectivity index (χ3n) is 3.11. The van der Waals surface area contributed by atoms with Crippen molar-refractivity contribution in [1.82, 2.24) is 20.4 Å². The molecule has 0 unspecified atom stereocenters. The van der Waals surface area contributed by atoms with Crippen LogP contribution in [0.25, 0.3) is 22.7 Å². The number of nitrogens with zero attached hydrogens (tertiary/aromatic N) is 4. The summed E-state index contributed by atoms with van der Waals surface area (Å²) in [6, 6.07) is 7.45. The van der Waals surface area contributed by atoms with Gasteiger partial charge in [-0.1, -0.05) is 0 Å². The van der Waals surface area contributed by atoms with Crippen molar-refractivity contribution < 1.29 is 22.7 Å². The summed E-state index contributed by atoms with van der Waals surface area (Å²) in [5.74, 6) is -1.44. The van der Waals surface area contributed by atoms with Crippen molar-refractivity contribution in [3.63, 3.8) is 0 Å². The Labute approximate surface area is 133 Å². The smallest absolute Gasteiger partial charge is 0.470 e. The molecule has 0 saturated carbocycles. The second kappa shape index (κ2) is 5.80. The van der Waals surface area contributed by atoms with E-state index in [1.54, 1.807) is 19.2 Å². The van der Waals surface area contributed by atoms with Crippen molar-refractivity contribution in [3.05, 3.63) is 36.2 Å². The Bertz CT molecular complexity index is 862. The average molecular weight is 337 g/mol. The van der Waals surface area contributed by atoms with Crippen LogP contribution in [-0.4, -0.2) is 32.5 Å². The first-order chi connectivity index (χ1) is 11.4. The van der Waals surface area contributed by atoms with Crippen LogP contribution in [0.2, 0.25) is 0 Å². The van der Waals surface area contributed by atoms with E-state index in [-0.39, 0.29) is 17.2 Å². The Morgan fingerprint density at radius 3 is 2.38 bits per heavy atom. The highest BCUT2D eigenvalue weighted by Crippen LogP contribution is 2.34. The van der Waals surface area contributed by atoms with Crippen molar-refractivity contribution in [2.75, 3.05) is 12.4 Å². The highest BCUT2D eigenvalue weighted by molar-refractivity contribution is 5.71. The minimum atomic E-state index is -4.72. The number of hydrogen-bond donors (Lipinski definition) is 2. The normalized spacial score (nSPS) is 11.5. The van der Waals surface area contributed by atoms with Crippen LogP contribution in [-0.2, 0) is 6.18 Å².